The Kier molecular flexibility index (Phi) is 6.54. The van der Waals surface area contributed by atoms with Crippen molar-refractivity contribution in [2.75, 3.05) is 6.61 Å². The fourth-order valence-electron chi connectivity index (χ4n) is 2.02. The number of allylic oxidation sites excluding steroid dienone is 1. The number of hydrogen-bond donors (Lipinski definition) is 0. The van der Waals surface area contributed by atoms with E-state index in [2.05, 4.69) is 18.1 Å². The smallest absolute Gasteiger partial charge is 0.369 e. The molecule has 7 heteroatoms. The van der Waals surface area contributed by atoms with Crippen LogP contribution in [0.4, 0.5) is 0 Å². The van der Waals surface area contributed by atoms with Gasteiger partial charge in [-0.3, -0.25) is 14.7 Å². The van der Waals surface area contributed by atoms with Gasteiger partial charge in [-0.25, -0.2) is 9.68 Å². The maximum atomic E-state index is 12.1. The zero-order chi connectivity index (χ0) is 18.2. The average molecular weight is 362 g/mol. The third-order valence-electron chi connectivity index (χ3n) is 3.21. The van der Waals surface area contributed by atoms with E-state index in [4.69, 9.17) is 26.1 Å². The first-order valence-electron chi connectivity index (χ1n) is 7.38. The molecule has 0 saturated carbocycles. The monoisotopic (exact) mass is 361 g/mol. The van der Waals surface area contributed by atoms with Gasteiger partial charge in [0.05, 0.1) is 5.02 Å². The molecule has 1 aromatic carbocycles. The van der Waals surface area contributed by atoms with Crippen LogP contribution in [0.15, 0.2) is 55.8 Å². The van der Waals surface area contributed by atoms with Crippen LogP contribution in [-0.4, -0.2) is 23.5 Å². The lowest BCUT2D eigenvalue weighted by Gasteiger charge is -2.13. The molecule has 25 heavy (non-hydrogen) atoms. The van der Waals surface area contributed by atoms with Crippen molar-refractivity contribution < 1.29 is 24.1 Å². The molecular formula is C18H16ClNO5. The Morgan fingerprint density at radius 1 is 1.20 bits per heavy atom. The van der Waals surface area contributed by atoms with Crippen LogP contribution in [-0.2, 0) is 19.2 Å². The molecule has 1 unspecified atom stereocenters. The predicted molar refractivity (Wildman–Crippen MR) is 92.9 cm³/mol. The molecule has 6 nitrogen and oxygen atoms in total. The second-order valence-corrected chi connectivity index (χ2v) is 5.33. The Morgan fingerprint density at radius 2 is 2.00 bits per heavy atom. The number of ether oxygens (including phenoxy) is 1. The van der Waals surface area contributed by atoms with E-state index in [1.807, 2.05) is 0 Å². The summed E-state index contributed by atoms with van der Waals surface area (Å²) in [5.74, 6) is -2.62. The third kappa shape index (κ3) is 4.58. The summed E-state index contributed by atoms with van der Waals surface area (Å²) >= 11 is 6.09. The molecule has 2 aromatic rings. The zero-order valence-corrected chi connectivity index (χ0v) is 14.1. The Morgan fingerprint density at radius 3 is 2.72 bits per heavy atom. The first-order valence-corrected chi connectivity index (χ1v) is 7.76. The molecule has 2 rings (SSSR count). The Hall–Kier alpha value is -2.86. The number of pyridine rings is 1. The fraction of sp³-hybridized carbons (Fsp3) is 0.167. The van der Waals surface area contributed by atoms with Crippen LogP contribution in [0.5, 0.6) is 5.75 Å². The second-order valence-electron chi connectivity index (χ2n) is 4.93. The minimum Gasteiger partial charge on any atom is -0.461 e. The van der Waals surface area contributed by atoms with Gasteiger partial charge in [0.1, 0.15) is 12.1 Å². The van der Waals surface area contributed by atoms with E-state index in [-0.39, 0.29) is 18.8 Å². The van der Waals surface area contributed by atoms with Crippen molar-refractivity contribution in [2.24, 2.45) is 5.92 Å². The Labute approximate surface area is 149 Å². The van der Waals surface area contributed by atoms with Crippen LogP contribution in [0.25, 0.3) is 10.9 Å². The first kappa shape index (κ1) is 18.5. The molecule has 0 aliphatic carbocycles. The third-order valence-corrected chi connectivity index (χ3v) is 3.54. The van der Waals surface area contributed by atoms with Gasteiger partial charge in [0.15, 0.2) is 5.92 Å². The molecule has 0 saturated heterocycles. The second kappa shape index (κ2) is 8.84. The maximum absolute atomic E-state index is 12.1. The minimum atomic E-state index is -1.18. The van der Waals surface area contributed by atoms with Crippen molar-refractivity contribution >= 4 is 34.4 Å². The molecule has 130 valence electrons. The number of esters is 1. The molecule has 0 aliphatic heterocycles. The molecule has 0 fully saturated rings. The molecule has 0 N–H and O–H groups in total. The van der Waals surface area contributed by atoms with Crippen LogP contribution in [0.2, 0.25) is 5.02 Å². The van der Waals surface area contributed by atoms with Gasteiger partial charge < -0.3 is 4.74 Å². The summed E-state index contributed by atoms with van der Waals surface area (Å²) in [6.07, 6.45) is 4.43. The maximum Gasteiger partial charge on any atom is 0.369 e. The molecule has 0 spiro atoms. The van der Waals surface area contributed by atoms with Gasteiger partial charge in [-0.15, -0.1) is 6.58 Å². The van der Waals surface area contributed by atoms with Gasteiger partial charge in [0.2, 0.25) is 5.75 Å². The van der Waals surface area contributed by atoms with Gasteiger partial charge >= 0.3 is 11.9 Å². The van der Waals surface area contributed by atoms with E-state index >= 15 is 0 Å². The van der Waals surface area contributed by atoms with Crippen molar-refractivity contribution in [3.63, 3.8) is 0 Å². The van der Waals surface area contributed by atoms with Crippen molar-refractivity contribution in [1.82, 2.24) is 4.98 Å². The lowest BCUT2D eigenvalue weighted by atomic mass is 10.1. The molecule has 0 aliphatic rings. The largest absolute Gasteiger partial charge is 0.461 e. The van der Waals surface area contributed by atoms with Crippen molar-refractivity contribution in [2.45, 2.75) is 6.42 Å². The molecule has 0 bridgehead atoms. The van der Waals surface area contributed by atoms with Gasteiger partial charge in [0, 0.05) is 11.6 Å². The average Bonchev–Trinajstić information content (AvgIpc) is 2.63. The topological polar surface area (TPSA) is 74.7 Å². The number of carbonyl (C=O) groups excluding carboxylic acids is 2. The van der Waals surface area contributed by atoms with Crippen LogP contribution in [0, 0.1) is 5.92 Å². The number of rotatable bonds is 8. The highest BCUT2D eigenvalue weighted by molar-refractivity contribution is 6.35. The van der Waals surface area contributed by atoms with Crippen LogP contribution in [0.3, 0.4) is 0 Å². The van der Waals surface area contributed by atoms with Crippen molar-refractivity contribution in [3.8, 4) is 5.75 Å². The number of halogens is 1. The summed E-state index contributed by atoms with van der Waals surface area (Å²) in [6.45, 7) is 6.94. The summed E-state index contributed by atoms with van der Waals surface area (Å²) in [6, 6.07) is 6.59. The fourth-order valence-corrected chi connectivity index (χ4v) is 2.24. The van der Waals surface area contributed by atoms with Crippen molar-refractivity contribution in [1.29, 1.82) is 0 Å². The number of nitrogens with zero attached hydrogens (tertiary/aromatic N) is 1. The lowest BCUT2D eigenvalue weighted by Crippen LogP contribution is -2.28. The first-order chi connectivity index (χ1) is 12.1. The van der Waals surface area contributed by atoms with E-state index < -0.39 is 17.9 Å². The minimum absolute atomic E-state index is 0.00758. The number of fused-ring (bicyclic) bond motifs is 1. The SMILES string of the molecule is C=CCOC(=O)C(CC=C)C(=O)OOc1ccc(Cl)c2cccnc12. The molecule has 0 amide bonds. The van der Waals surface area contributed by atoms with E-state index in [9.17, 15) is 9.59 Å². The quantitative estimate of drug-likeness (QED) is 0.235. The van der Waals surface area contributed by atoms with E-state index in [1.54, 1.807) is 24.4 Å². The summed E-state index contributed by atoms with van der Waals surface area (Å²) in [5, 5.41) is 1.13. The molecular weight excluding hydrogens is 346 g/mol. The standard InChI is InChI=1S/C18H16ClNO5/c1-3-6-13(17(21)23-11-4-2)18(22)25-24-15-9-8-14(19)12-7-5-10-20-16(12)15/h3-5,7-10,13H,1-2,6,11H2. The molecule has 1 atom stereocenters. The molecule has 1 heterocycles. The number of hydrogen-bond acceptors (Lipinski definition) is 6. The van der Waals surface area contributed by atoms with E-state index in [1.165, 1.54) is 18.2 Å². The highest BCUT2D eigenvalue weighted by atomic mass is 35.5. The van der Waals surface area contributed by atoms with Crippen LogP contribution in [0.1, 0.15) is 6.42 Å². The highest BCUT2D eigenvalue weighted by Crippen LogP contribution is 2.29. The lowest BCUT2D eigenvalue weighted by molar-refractivity contribution is -0.219. The summed E-state index contributed by atoms with van der Waals surface area (Å²) < 4.78 is 4.87. The molecule has 0 radical (unpaired) electrons. The number of aromatic nitrogens is 1. The Bertz CT molecular complexity index is 805. The number of benzene rings is 1. The van der Waals surface area contributed by atoms with Gasteiger partial charge in [-0.2, -0.15) is 0 Å². The zero-order valence-electron chi connectivity index (χ0n) is 13.3. The Balaban J connectivity index is 2.12. The van der Waals surface area contributed by atoms with E-state index in [0.717, 1.165) is 0 Å². The molecule has 1 aromatic heterocycles. The van der Waals surface area contributed by atoms with Gasteiger partial charge in [0.25, 0.3) is 0 Å². The van der Waals surface area contributed by atoms with E-state index in [0.29, 0.717) is 15.9 Å². The summed E-state index contributed by atoms with van der Waals surface area (Å²) in [7, 11) is 0. The summed E-state index contributed by atoms with van der Waals surface area (Å²) in [5.41, 5.74) is 0.428. The summed E-state index contributed by atoms with van der Waals surface area (Å²) in [4.78, 5) is 38.1. The van der Waals surface area contributed by atoms with Gasteiger partial charge in [-0.05, 0) is 30.7 Å². The normalized spacial score (nSPS) is 11.4. The van der Waals surface area contributed by atoms with Crippen LogP contribution >= 0.6 is 11.6 Å². The van der Waals surface area contributed by atoms with Crippen LogP contribution < -0.4 is 4.89 Å². The van der Waals surface area contributed by atoms with Gasteiger partial charge in [-0.1, -0.05) is 30.3 Å². The number of carbonyl (C=O) groups is 2. The van der Waals surface area contributed by atoms with Crippen molar-refractivity contribution in [3.05, 3.63) is 60.8 Å². The highest BCUT2D eigenvalue weighted by Gasteiger charge is 2.30. The predicted octanol–water partition coefficient (Wildman–Crippen LogP) is 3.65.